The van der Waals surface area contributed by atoms with Crippen molar-refractivity contribution in [2.75, 3.05) is 6.54 Å². The molecule has 6 nitrogen and oxygen atoms in total. The van der Waals surface area contributed by atoms with Crippen molar-refractivity contribution in [2.24, 2.45) is 5.41 Å². The average molecular weight is 364 g/mol. The second-order valence-corrected chi connectivity index (χ2v) is 8.91. The van der Waals surface area contributed by atoms with E-state index in [1.54, 1.807) is 0 Å². The maximum atomic E-state index is 12.7. The maximum Gasteiger partial charge on any atom is 0.408 e. The lowest BCUT2D eigenvalue weighted by Crippen LogP contribution is -2.57. The highest BCUT2D eigenvalue weighted by Gasteiger charge is 2.43. The second kappa shape index (κ2) is 8.28. The molecule has 0 aromatic rings. The molecule has 0 heterocycles. The molecule has 0 unspecified atom stereocenters. The highest BCUT2D eigenvalue weighted by Crippen LogP contribution is 2.38. The molecular weight excluding hydrogens is 330 g/mol. The summed E-state index contributed by atoms with van der Waals surface area (Å²) in [5.74, 6) is -0.188. The molecule has 146 valence electrons. The number of hydrogen-bond acceptors (Lipinski definition) is 4. The van der Waals surface area contributed by atoms with E-state index >= 15 is 0 Å². The van der Waals surface area contributed by atoms with Gasteiger partial charge in [0.05, 0.1) is 11.6 Å². The molecule has 2 N–H and O–H groups in total. The van der Waals surface area contributed by atoms with Gasteiger partial charge in [0.1, 0.15) is 11.0 Å². The molecule has 2 rings (SSSR count). The van der Waals surface area contributed by atoms with Crippen molar-refractivity contribution < 1.29 is 14.3 Å². The molecule has 2 aliphatic rings. The minimum absolute atomic E-state index is 0.188. The van der Waals surface area contributed by atoms with Gasteiger partial charge in [-0.2, -0.15) is 5.26 Å². The van der Waals surface area contributed by atoms with Gasteiger partial charge in [0, 0.05) is 6.54 Å². The van der Waals surface area contributed by atoms with Gasteiger partial charge in [-0.05, 0) is 46.5 Å². The molecule has 2 saturated carbocycles. The van der Waals surface area contributed by atoms with E-state index in [2.05, 4.69) is 16.7 Å². The van der Waals surface area contributed by atoms with Crippen LogP contribution in [0.4, 0.5) is 4.79 Å². The zero-order valence-corrected chi connectivity index (χ0v) is 16.5. The largest absolute Gasteiger partial charge is 0.444 e. The Morgan fingerprint density at radius 1 is 1.00 bits per heavy atom. The van der Waals surface area contributed by atoms with Crippen LogP contribution in [0, 0.1) is 16.7 Å². The monoisotopic (exact) mass is 363 g/mol. The van der Waals surface area contributed by atoms with Crippen molar-refractivity contribution in [3.8, 4) is 6.07 Å². The van der Waals surface area contributed by atoms with E-state index in [0.29, 0.717) is 19.4 Å². The summed E-state index contributed by atoms with van der Waals surface area (Å²) in [4.78, 5) is 25.1. The molecule has 2 fully saturated rings. The van der Waals surface area contributed by atoms with Gasteiger partial charge in [-0.3, -0.25) is 4.79 Å². The molecule has 0 spiro atoms. The van der Waals surface area contributed by atoms with E-state index in [9.17, 15) is 14.9 Å². The summed E-state index contributed by atoms with van der Waals surface area (Å²) in [6.45, 7) is 5.87. The topological polar surface area (TPSA) is 91.2 Å². The van der Waals surface area contributed by atoms with Crippen molar-refractivity contribution in [1.82, 2.24) is 10.6 Å². The molecular formula is C20H33N3O3. The Morgan fingerprint density at radius 3 is 2.04 bits per heavy atom. The molecule has 0 aromatic heterocycles. The summed E-state index contributed by atoms with van der Waals surface area (Å²) in [5.41, 5.74) is -1.95. The van der Waals surface area contributed by atoms with Crippen LogP contribution in [-0.2, 0) is 9.53 Å². The Hall–Kier alpha value is -1.77. The Bertz CT molecular complexity index is 546. The molecule has 0 radical (unpaired) electrons. The maximum absolute atomic E-state index is 12.7. The highest BCUT2D eigenvalue weighted by atomic mass is 16.6. The van der Waals surface area contributed by atoms with Crippen LogP contribution in [0.1, 0.15) is 85.0 Å². The number of carbonyl (C=O) groups is 2. The van der Waals surface area contributed by atoms with Crippen molar-refractivity contribution >= 4 is 12.0 Å². The molecule has 2 aliphatic carbocycles. The van der Waals surface area contributed by atoms with Crippen molar-refractivity contribution in [3.05, 3.63) is 0 Å². The second-order valence-electron chi connectivity index (χ2n) is 8.91. The predicted octanol–water partition coefficient (Wildman–Crippen LogP) is 3.80. The summed E-state index contributed by atoms with van der Waals surface area (Å²) in [7, 11) is 0. The summed E-state index contributed by atoms with van der Waals surface area (Å²) < 4.78 is 5.44. The van der Waals surface area contributed by atoms with Gasteiger partial charge in [0.25, 0.3) is 0 Å². The van der Waals surface area contributed by atoms with Gasteiger partial charge in [0.2, 0.25) is 5.91 Å². The van der Waals surface area contributed by atoms with Gasteiger partial charge in [0.15, 0.2) is 0 Å². The summed E-state index contributed by atoms with van der Waals surface area (Å²) in [5, 5.41) is 15.5. The van der Waals surface area contributed by atoms with Gasteiger partial charge in [-0.15, -0.1) is 0 Å². The van der Waals surface area contributed by atoms with E-state index in [4.69, 9.17) is 4.74 Å². The zero-order valence-electron chi connectivity index (χ0n) is 16.5. The van der Waals surface area contributed by atoms with Crippen molar-refractivity contribution in [1.29, 1.82) is 5.26 Å². The number of amides is 2. The van der Waals surface area contributed by atoms with Gasteiger partial charge >= 0.3 is 6.09 Å². The quantitative estimate of drug-likeness (QED) is 0.743. The number of nitrogens with one attached hydrogen (secondary N) is 2. The smallest absolute Gasteiger partial charge is 0.408 e. The number of ether oxygens (including phenoxy) is 1. The molecule has 2 amide bonds. The number of nitriles is 1. The van der Waals surface area contributed by atoms with Crippen LogP contribution >= 0.6 is 0 Å². The van der Waals surface area contributed by atoms with E-state index in [1.165, 1.54) is 0 Å². The lowest BCUT2D eigenvalue weighted by molar-refractivity contribution is -0.128. The molecule has 0 aliphatic heterocycles. The molecule has 0 atom stereocenters. The number of rotatable bonds is 4. The fraction of sp³-hybridized carbons (Fsp3) is 0.850. The minimum Gasteiger partial charge on any atom is -0.444 e. The molecule has 0 aromatic carbocycles. The average Bonchev–Trinajstić information content (AvgIpc) is 2.93. The fourth-order valence-corrected chi connectivity index (χ4v) is 4.06. The first-order valence-corrected chi connectivity index (χ1v) is 9.91. The number of nitrogens with zero attached hydrogens (tertiary/aromatic N) is 1. The van der Waals surface area contributed by atoms with E-state index in [0.717, 1.165) is 51.4 Å². The first-order valence-electron chi connectivity index (χ1n) is 9.91. The van der Waals surface area contributed by atoms with Crippen LogP contribution in [0.15, 0.2) is 0 Å². The zero-order chi connectivity index (χ0) is 19.3. The SMILES string of the molecule is CC(C)(C)OC(=O)NC1(CNC(=O)C2(C#N)CCCC2)CCCCCC1. The first-order chi connectivity index (χ1) is 12.2. The number of alkyl carbamates (subject to hydrolysis) is 1. The third-order valence-corrected chi connectivity index (χ3v) is 5.52. The van der Waals surface area contributed by atoms with E-state index in [-0.39, 0.29) is 5.91 Å². The van der Waals surface area contributed by atoms with Crippen LogP contribution < -0.4 is 10.6 Å². The summed E-state index contributed by atoms with van der Waals surface area (Å²) in [6.07, 6.45) is 8.56. The summed E-state index contributed by atoms with van der Waals surface area (Å²) in [6, 6.07) is 2.24. The van der Waals surface area contributed by atoms with E-state index < -0.39 is 22.6 Å². The van der Waals surface area contributed by atoms with Crippen molar-refractivity contribution in [2.45, 2.75) is 96.1 Å². The Balaban J connectivity index is 2.05. The first kappa shape index (κ1) is 20.5. The minimum atomic E-state index is -0.891. The Labute approximate surface area is 157 Å². The highest BCUT2D eigenvalue weighted by molar-refractivity contribution is 5.85. The molecule has 26 heavy (non-hydrogen) atoms. The molecule has 6 heteroatoms. The Morgan fingerprint density at radius 2 is 1.54 bits per heavy atom. The third kappa shape index (κ3) is 5.36. The van der Waals surface area contributed by atoms with Gasteiger partial charge in [-0.25, -0.2) is 4.79 Å². The number of hydrogen-bond donors (Lipinski definition) is 2. The third-order valence-electron chi connectivity index (χ3n) is 5.52. The Kier molecular flexibility index (Phi) is 6.54. The number of carbonyl (C=O) groups excluding carboxylic acids is 2. The van der Waals surface area contributed by atoms with Crippen LogP contribution in [0.25, 0.3) is 0 Å². The standard InChI is InChI=1S/C20H33N3O3/c1-18(2,3)26-17(25)23-20(12-6-4-5-7-13-20)15-22-16(24)19(14-21)10-8-9-11-19/h4-13,15H2,1-3H3,(H,22,24)(H,23,25). The normalized spacial score (nSPS) is 21.9. The van der Waals surface area contributed by atoms with Crippen molar-refractivity contribution in [3.63, 3.8) is 0 Å². The molecule has 0 saturated heterocycles. The van der Waals surface area contributed by atoms with Crippen LogP contribution in [0.3, 0.4) is 0 Å². The lowest BCUT2D eigenvalue weighted by Gasteiger charge is -2.35. The summed E-state index contributed by atoms with van der Waals surface area (Å²) >= 11 is 0. The van der Waals surface area contributed by atoms with Gasteiger partial charge in [-0.1, -0.05) is 38.5 Å². The lowest BCUT2D eigenvalue weighted by atomic mass is 9.85. The van der Waals surface area contributed by atoms with Crippen LogP contribution in [-0.4, -0.2) is 29.7 Å². The predicted molar refractivity (Wildman–Crippen MR) is 99.3 cm³/mol. The molecule has 0 bridgehead atoms. The van der Waals surface area contributed by atoms with Crippen LogP contribution in [0.5, 0.6) is 0 Å². The van der Waals surface area contributed by atoms with Crippen LogP contribution in [0.2, 0.25) is 0 Å². The van der Waals surface area contributed by atoms with Gasteiger partial charge < -0.3 is 15.4 Å². The fourth-order valence-electron chi connectivity index (χ4n) is 4.06. The van der Waals surface area contributed by atoms with E-state index in [1.807, 2.05) is 20.8 Å².